The highest BCUT2D eigenvalue weighted by atomic mass is 16.2. The molecule has 2 amide bonds. The molecule has 0 saturated heterocycles. The molecule has 1 aliphatic rings. The highest BCUT2D eigenvalue weighted by molar-refractivity contribution is 5.82. The minimum Gasteiger partial charge on any atom is -0.355 e. The van der Waals surface area contributed by atoms with Gasteiger partial charge in [-0.3, -0.25) is 9.59 Å². The van der Waals surface area contributed by atoms with Crippen LogP contribution < -0.4 is 5.32 Å². The second-order valence-electron chi connectivity index (χ2n) is 7.50. The topological polar surface area (TPSA) is 49.4 Å². The van der Waals surface area contributed by atoms with Crippen molar-refractivity contribution in [2.24, 2.45) is 5.41 Å². The first-order valence-corrected chi connectivity index (χ1v) is 8.40. The van der Waals surface area contributed by atoms with E-state index in [2.05, 4.69) is 30.4 Å². The molecular formula is C19H28N2O2. The number of nitrogens with zero attached hydrogens (tertiary/aromatic N) is 1. The van der Waals surface area contributed by atoms with Crippen molar-refractivity contribution < 1.29 is 9.59 Å². The third kappa shape index (κ3) is 5.38. The van der Waals surface area contributed by atoms with Gasteiger partial charge in [0.15, 0.2) is 0 Å². The van der Waals surface area contributed by atoms with Crippen LogP contribution in [0.2, 0.25) is 0 Å². The summed E-state index contributed by atoms with van der Waals surface area (Å²) in [5, 5.41) is 2.85. The first-order valence-electron chi connectivity index (χ1n) is 8.40. The number of benzene rings is 1. The van der Waals surface area contributed by atoms with E-state index in [-0.39, 0.29) is 11.8 Å². The molecule has 0 spiro atoms. The Hall–Kier alpha value is -1.84. The van der Waals surface area contributed by atoms with Gasteiger partial charge in [-0.2, -0.15) is 0 Å². The molecule has 23 heavy (non-hydrogen) atoms. The summed E-state index contributed by atoms with van der Waals surface area (Å²) < 4.78 is 0. The smallest absolute Gasteiger partial charge is 0.225 e. The third-order valence-corrected chi connectivity index (χ3v) is 4.05. The number of rotatable bonds is 6. The normalized spacial score (nSPS) is 14.4. The number of hydrogen-bond donors (Lipinski definition) is 1. The summed E-state index contributed by atoms with van der Waals surface area (Å²) in [6.45, 7) is 8.76. The van der Waals surface area contributed by atoms with E-state index < -0.39 is 5.41 Å². The zero-order valence-corrected chi connectivity index (χ0v) is 14.7. The summed E-state index contributed by atoms with van der Waals surface area (Å²) in [6, 6.07) is 8.67. The van der Waals surface area contributed by atoms with Crippen LogP contribution in [-0.4, -0.2) is 29.3 Å². The largest absolute Gasteiger partial charge is 0.355 e. The van der Waals surface area contributed by atoms with Crippen LogP contribution in [0.1, 0.15) is 51.2 Å². The average Bonchev–Trinajstić information content (AvgIpc) is 3.28. The van der Waals surface area contributed by atoms with E-state index in [1.54, 1.807) is 0 Å². The fourth-order valence-corrected chi connectivity index (χ4v) is 2.51. The molecule has 1 saturated carbocycles. The minimum atomic E-state index is -0.416. The minimum absolute atomic E-state index is 0.0121. The highest BCUT2D eigenvalue weighted by Gasteiger charge is 2.32. The van der Waals surface area contributed by atoms with Crippen molar-refractivity contribution in [3.8, 4) is 0 Å². The lowest BCUT2D eigenvalue weighted by Gasteiger charge is -2.23. The molecule has 1 aromatic rings. The van der Waals surface area contributed by atoms with Gasteiger partial charge in [0.05, 0.1) is 0 Å². The van der Waals surface area contributed by atoms with Gasteiger partial charge in [-0.15, -0.1) is 0 Å². The first kappa shape index (κ1) is 17.5. The van der Waals surface area contributed by atoms with Crippen molar-refractivity contribution >= 4 is 11.8 Å². The van der Waals surface area contributed by atoms with E-state index in [0.717, 1.165) is 12.8 Å². The molecule has 0 unspecified atom stereocenters. The summed E-state index contributed by atoms with van der Waals surface area (Å²) in [4.78, 5) is 26.3. The van der Waals surface area contributed by atoms with Gasteiger partial charge >= 0.3 is 0 Å². The fourth-order valence-electron chi connectivity index (χ4n) is 2.51. The summed E-state index contributed by atoms with van der Waals surface area (Å²) in [7, 11) is 0. The van der Waals surface area contributed by atoms with Crippen LogP contribution in [0.25, 0.3) is 0 Å². The number of carbonyl (C=O) groups excluding carboxylic acids is 2. The monoisotopic (exact) mass is 316 g/mol. The first-order chi connectivity index (χ1) is 10.8. The Bertz CT molecular complexity index is 571. The molecule has 0 bridgehead atoms. The Morgan fingerprint density at radius 3 is 2.52 bits per heavy atom. The van der Waals surface area contributed by atoms with E-state index >= 15 is 0 Å². The lowest BCUT2D eigenvalue weighted by Crippen LogP contribution is -2.39. The second-order valence-corrected chi connectivity index (χ2v) is 7.50. The quantitative estimate of drug-likeness (QED) is 0.877. The molecule has 1 aromatic carbocycles. The van der Waals surface area contributed by atoms with Gasteiger partial charge in [-0.25, -0.2) is 0 Å². The summed E-state index contributed by atoms with van der Waals surface area (Å²) in [6.07, 6.45) is 2.54. The predicted octanol–water partition coefficient (Wildman–Crippen LogP) is 3.04. The molecular weight excluding hydrogens is 288 g/mol. The maximum Gasteiger partial charge on any atom is 0.225 e. The molecule has 0 aromatic heterocycles. The van der Waals surface area contributed by atoms with E-state index in [4.69, 9.17) is 0 Å². The SMILES string of the molecule is Cc1cccc(CN(C(=O)CCNC(=O)C(C)(C)C)C2CC2)c1. The summed E-state index contributed by atoms with van der Waals surface area (Å²) in [5.41, 5.74) is 1.97. The van der Waals surface area contributed by atoms with Crippen LogP contribution in [0.4, 0.5) is 0 Å². The lowest BCUT2D eigenvalue weighted by atomic mass is 9.96. The van der Waals surface area contributed by atoms with Crippen molar-refractivity contribution in [2.45, 2.75) is 59.5 Å². The molecule has 1 aliphatic carbocycles. The number of carbonyl (C=O) groups is 2. The Morgan fingerprint density at radius 2 is 1.96 bits per heavy atom. The van der Waals surface area contributed by atoms with Gasteiger partial charge in [0.2, 0.25) is 11.8 Å². The lowest BCUT2D eigenvalue weighted by molar-refractivity contribution is -0.132. The van der Waals surface area contributed by atoms with Gasteiger partial charge in [-0.1, -0.05) is 50.6 Å². The molecule has 0 radical (unpaired) electrons. The molecule has 4 heteroatoms. The van der Waals surface area contributed by atoms with Crippen LogP contribution in [0.3, 0.4) is 0 Å². The number of amides is 2. The number of hydrogen-bond acceptors (Lipinski definition) is 2. The summed E-state index contributed by atoms with van der Waals surface area (Å²) in [5.74, 6) is 0.116. The van der Waals surface area contributed by atoms with Crippen LogP contribution in [0.15, 0.2) is 24.3 Å². The van der Waals surface area contributed by atoms with Crippen LogP contribution in [0.5, 0.6) is 0 Å². The predicted molar refractivity (Wildman–Crippen MR) is 91.8 cm³/mol. The van der Waals surface area contributed by atoms with Crippen molar-refractivity contribution in [3.63, 3.8) is 0 Å². The molecule has 1 fully saturated rings. The second kappa shape index (κ2) is 7.16. The zero-order valence-electron chi connectivity index (χ0n) is 14.7. The molecule has 4 nitrogen and oxygen atoms in total. The van der Waals surface area contributed by atoms with Crippen LogP contribution in [0, 0.1) is 12.3 Å². The van der Waals surface area contributed by atoms with Crippen molar-refractivity contribution in [2.75, 3.05) is 6.54 Å². The van der Waals surface area contributed by atoms with Crippen molar-refractivity contribution in [3.05, 3.63) is 35.4 Å². The fraction of sp³-hybridized carbons (Fsp3) is 0.579. The Balaban J connectivity index is 1.88. The van der Waals surface area contributed by atoms with Gasteiger partial charge in [-0.05, 0) is 25.3 Å². The molecule has 2 rings (SSSR count). The van der Waals surface area contributed by atoms with Crippen molar-refractivity contribution in [1.82, 2.24) is 10.2 Å². The highest BCUT2D eigenvalue weighted by Crippen LogP contribution is 2.29. The van der Waals surface area contributed by atoms with Gasteiger partial charge in [0, 0.05) is 31.0 Å². The van der Waals surface area contributed by atoms with Gasteiger partial charge in [0.25, 0.3) is 0 Å². The van der Waals surface area contributed by atoms with E-state index in [9.17, 15) is 9.59 Å². The number of aryl methyl sites for hydroxylation is 1. The third-order valence-electron chi connectivity index (χ3n) is 4.05. The molecule has 0 aliphatic heterocycles. The standard InChI is InChI=1S/C19H28N2O2/c1-14-6-5-7-15(12-14)13-21(16-8-9-16)17(22)10-11-20-18(23)19(2,3)4/h5-7,12,16H,8-11,13H2,1-4H3,(H,20,23). The Morgan fingerprint density at radius 1 is 1.26 bits per heavy atom. The molecule has 1 N–H and O–H groups in total. The Labute approximate surface area is 139 Å². The Kier molecular flexibility index (Phi) is 5.45. The average molecular weight is 316 g/mol. The van der Waals surface area contributed by atoms with E-state index in [1.165, 1.54) is 11.1 Å². The van der Waals surface area contributed by atoms with Gasteiger partial charge in [0.1, 0.15) is 0 Å². The maximum atomic E-state index is 12.5. The van der Waals surface area contributed by atoms with E-state index in [1.807, 2.05) is 31.7 Å². The zero-order chi connectivity index (χ0) is 17.0. The van der Waals surface area contributed by atoms with Crippen molar-refractivity contribution in [1.29, 1.82) is 0 Å². The molecule has 0 heterocycles. The molecule has 0 atom stereocenters. The van der Waals surface area contributed by atoms with Gasteiger partial charge < -0.3 is 10.2 Å². The van der Waals surface area contributed by atoms with Crippen LogP contribution >= 0.6 is 0 Å². The number of nitrogens with one attached hydrogen (secondary N) is 1. The summed E-state index contributed by atoms with van der Waals surface area (Å²) >= 11 is 0. The molecule has 126 valence electrons. The van der Waals surface area contributed by atoms with Crippen LogP contribution in [-0.2, 0) is 16.1 Å². The van der Waals surface area contributed by atoms with E-state index in [0.29, 0.717) is 25.6 Å². The maximum absolute atomic E-state index is 12.5.